The van der Waals surface area contributed by atoms with Crippen LogP contribution in [0.1, 0.15) is 26.7 Å². The molecule has 0 aliphatic heterocycles. The quantitative estimate of drug-likeness (QED) is 0.643. The van der Waals surface area contributed by atoms with Crippen LogP contribution in [0.25, 0.3) is 0 Å². The maximum atomic E-state index is 5.15. The molecule has 0 amide bonds. The molecule has 3 nitrogen and oxygen atoms in total. The summed E-state index contributed by atoms with van der Waals surface area (Å²) in [6.07, 6.45) is 2.31. The molecule has 0 heterocycles. The van der Waals surface area contributed by atoms with Crippen molar-refractivity contribution in [1.29, 1.82) is 0 Å². The van der Waals surface area contributed by atoms with Crippen molar-refractivity contribution < 1.29 is 4.74 Å². The molecule has 1 N–H and O–H groups in total. The van der Waals surface area contributed by atoms with Crippen LogP contribution < -0.4 is 5.32 Å². The van der Waals surface area contributed by atoms with Crippen molar-refractivity contribution in [2.45, 2.75) is 38.8 Å². The van der Waals surface area contributed by atoms with Gasteiger partial charge in [0.05, 0.1) is 6.61 Å². The van der Waals surface area contributed by atoms with Crippen LogP contribution in [0.15, 0.2) is 0 Å². The average molecular weight is 202 g/mol. The molecule has 86 valence electrons. The zero-order chi connectivity index (χ0) is 11.0. The molecule has 0 bridgehead atoms. The van der Waals surface area contributed by atoms with Crippen molar-refractivity contribution >= 4 is 0 Å². The molecular weight excluding hydrogens is 176 g/mol. The Bertz CT molecular complexity index is 128. The first-order valence-corrected chi connectivity index (χ1v) is 5.49. The minimum absolute atomic E-state index is 0.497. The molecule has 0 saturated carbocycles. The molecule has 0 fully saturated rings. The first-order chi connectivity index (χ1) is 6.60. The summed E-state index contributed by atoms with van der Waals surface area (Å²) in [5.41, 5.74) is 0. The molecule has 14 heavy (non-hydrogen) atoms. The van der Waals surface area contributed by atoms with E-state index in [0.29, 0.717) is 12.1 Å². The molecule has 0 saturated heterocycles. The third kappa shape index (κ3) is 7.30. The Balaban J connectivity index is 3.61. The van der Waals surface area contributed by atoms with Crippen LogP contribution in [-0.2, 0) is 4.74 Å². The fourth-order valence-electron chi connectivity index (χ4n) is 1.42. The summed E-state index contributed by atoms with van der Waals surface area (Å²) in [6, 6.07) is 1.06. The Morgan fingerprint density at radius 3 is 2.43 bits per heavy atom. The Kier molecular flexibility index (Phi) is 8.14. The predicted octanol–water partition coefficient (Wildman–Crippen LogP) is 1.34. The monoisotopic (exact) mass is 202 g/mol. The molecule has 0 aromatic heterocycles. The molecule has 0 aromatic rings. The summed E-state index contributed by atoms with van der Waals surface area (Å²) < 4.78 is 5.15. The number of nitrogens with one attached hydrogen (secondary N) is 1. The van der Waals surface area contributed by atoms with Gasteiger partial charge in [-0.2, -0.15) is 0 Å². The van der Waals surface area contributed by atoms with E-state index in [-0.39, 0.29) is 0 Å². The third-order valence-corrected chi connectivity index (χ3v) is 2.39. The maximum absolute atomic E-state index is 5.15. The van der Waals surface area contributed by atoms with E-state index in [4.69, 9.17) is 4.74 Å². The molecule has 0 aromatic carbocycles. The molecule has 0 aliphatic rings. The smallest absolute Gasteiger partial charge is 0.0615 e. The molecule has 2 unspecified atom stereocenters. The number of rotatable bonds is 8. The molecular formula is C11H26N2O. The Hall–Kier alpha value is -0.120. The summed E-state index contributed by atoms with van der Waals surface area (Å²) in [5, 5.41) is 3.57. The standard InChI is InChI=1S/C11H26N2O/c1-6-11(9-14-5)12-10(2)7-8-13(3)4/h10-12H,6-9H2,1-5H3. The number of hydrogen-bond acceptors (Lipinski definition) is 3. The normalized spacial score (nSPS) is 15.9. The van der Waals surface area contributed by atoms with Crippen molar-refractivity contribution in [3.8, 4) is 0 Å². The zero-order valence-electron chi connectivity index (χ0n) is 10.3. The Morgan fingerprint density at radius 2 is 2.00 bits per heavy atom. The highest BCUT2D eigenvalue weighted by Gasteiger charge is 2.09. The van der Waals surface area contributed by atoms with Gasteiger partial charge in [-0.3, -0.25) is 0 Å². The highest BCUT2D eigenvalue weighted by atomic mass is 16.5. The molecule has 2 atom stereocenters. The van der Waals surface area contributed by atoms with Crippen LogP contribution in [0.5, 0.6) is 0 Å². The lowest BCUT2D eigenvalue weighted by Crippen LogP contribution is -2.40. The highest BCUT2D eigenvalue weighted by molar-refractivity contribution is 4.70. The summed E-state index contributed by atoms with van der Waals surface area (Å²) in [7, 11) is 5.98. The lowest BCUT2D eigenvalue weighted by Gasteiger charge is -2.22. The Labute approximate surface area is 88.8 Å². The van der Waals surface area contributed by atoms with Crippen molar-refractivity contribution in [3.63, 3.8) is 0 Å². The second kappa shape index (κ2) is 8.21. The average Bonchev–Trinajstić information content (AvgIpc) is 2.14. The van der Waals surface area contributed by atoms with Gasteiger partial charge in [-0.05, 0) is 40.4 Å². The van der Waals surface area contributed by atoms with Gasteiger partial charge in [-0.25, -0.2) is 0 Å². The fourth-order valence-corrected chi connectivity index (χ4v) is 1.42. The van der Waals surface area contributed by atoms with Gasteiger partial charge in [0.25, 0.3) is 0 Å². The minimum atomic E-state index is 0.497. The highest BCUT2D eigenvalue weighted by Crippen LogP contribution is 1.98. The summed E-state index contributed by atoms with van der Waals surface area (Å²) in [4.78, 5) is 2.22. The predicted molar refractivity (Wildman–Crippen MR) is 61.7 cm³/mol. The van der Waals surface area contributed by atoms with Gasteiger partial charge >= 0.3 is 0 Å². The first-order valence-electron chi connectivity index (χ1n) is 5.49. The van der Waals surface area contributed by atoms with E-state index in [9.17, 15) is 0 Å². The van der Waals surface area contributed by atoms with Crippen molar-refractivity contribution in [3.05, 3.63) is 0 Å². The summed E-state index contributed by atoms with van der Waals surface area (Å²) >= 11 is 0. The van der Waals surface area contributed by atoms with E-state index >= 15 is 0 Å². The molecule has 0 aliphatic carbocycles. The third-order valence-electron chi connectivity index (χ3n) is 2.39. The van der Waals surface area contributed by atoms with Crippen LogP contribution in [0, 0.1) is 0 Å². The molecule has 0 radical (unpaired) electrons. The van der Waals surface area contributed by atoms with Crippen LogP contribution in [-0.4, -0.2) is 51.3 Å². The van der Waals surface area contributed by atoms with Crippen LogP contribution >= 0.6 is 0 Å². The van der Waals surface area contributed by atoms with Gasteiger partial charge in [-0.15, -0.1) is 0 Å². The molecule has 0 rings (SSSR count). The topological polar surface area (TPSA) is 24.5 Å². The molecule has 3 heteroatoms. The van der Waals surface area contributed by atoms with E-state index < -0.39 is 0 Å². The lowest BCUT2D eigenvalue weighted by molar-refractivity contribution is 0.157. The van der Waals surface area contributed by atoms with Gasteiger partial charge in [0.15, 0.2) is 0 Å². The number of ether oxygens (including phenoxy) is 1. The zero-order valence-corrected chi connectivity index (χ0v) is 10.3. The van der Waals surface area contributed by atoms with E-state index in [1.54, 1.807) is 7.11 Å². The number of hydrogen-bond donors (Lipinski definition) is 1. The summed E-state index contributed by atoms with van der Waals surface area (Å²) in [6.45, 7) is 6.37. The number of nitrogens with zero attached hydrogens (tertiary/aromatic N) is 1. The van der Waals surface area contributed by atoms with Gasteiger partial charge in [-0.1, -0.05) is 6.92 Å². The van der Waals surface area contributed by atoms with E-state index in [2.05, 4.69) is 38.2 Å². The minimum Gasteiger partial charge on any atom is -0.383 e. The number of methoxy groups -OCH3 is 1. The lowest BCUT2D eigenvalue weighted by atomic mass is 10.1. The van der Waals surface area contributed by atoms with Gasteiger partial charge in [0.2, 0.25) is 0 Å². The van der Waals surface area contributed by atoms with Gasteiger partial charge in [0.1, 0.15) is 0 Å². The van der Waals surface area contributed by atoms with Crippen molar-refractivity contribution in [1.82, 2.24) is 10.2 Å². The van der Waals surface area contributed by atoms with Crippen molar-refractivity contribution in [2.75, 3.05) is 34.4 Å². The first kappa shape index (κ1) is 13.9. The van der Waals surface area contributed by atoms with Crippen molar-refractivity contribution in [2.24, 2.45) is 0 Å². The summed E-state index contributed by atoms with van der Waals surface area (Å²) in [5.74, 6) is 0. The van der Waals surface area contributed by atoms with Crippen LogP contribution in [0.3, 0.4) is 0 Å². The Morgan fingerprint density at radius 1 is 1.36 bits per heavy atom. The molecule has 0 spiro atoms. The van der Waals surface area contributed by atoms with E-state index in [1.807, 2.05) is 0 Å². The van der Waals surface area contributed by atoms with Gasteiger partial charge < -0.3 is 15.0 Å². The largest absolute Gasteiger partial charge is 0.383 e. The second-order valence-electron chi connectivity index (χ2n) is 4.22. The second-order valence-corrected chi connectivity index (χ2v) is 4.22. The van der Waals surface area contributed by atoms with E-state index in [0.717, 1.165) is 19.6 Å². The van der Waals surface area contributed by atoms with E-state index in [1.165, 1.54) is 6.42 Å². The maximum Gasteiger partial charge on any atom is 0.0615 e. The fraction of sp³-hybridized carbons (Fsp3) is 1.00. The van der Waals surface area contributed by atoms with Gasteiger partial charge in [0, 0.05) is 19.2 Å². The van der Waals surface area contributed by atoms with Crippen LogP contribution in [0.4, 0.5) is 0 Å². The van der Waals surface area contributed by atoms with Crippen LogP contribution in [0.2, 0.25) is 0 Å². The SMILES string of the molecule is CCC(COC)NC(C)CCN(C)C.